The van der Waals surface area contributed by atoms with Gasteiger partial charge in [-0.05, 0) is 49.9 Å². The summed E-state index contributed by atoms with van der Waals surface area (Å²) < 4.78 is 0. The Morgan fingerprint density at radius 2 is 1.83 bits per heavy atom. The lowest BCUT2D eigenvalue weighted by atomic mass is 9.70. The zero-order valence-electron chi connectivity index (χ0n) is 12.5. The van der Waals surface area contributed by atoms with Crippen LogP contribution in [0, 0.1) is 17.3 Å². The highest BCUT2D eigenvalue weighted by atomic mass is 16.1. The molecule has 0 aliphatic heterocycles. The van der Waals surface area contributed by atoms with E-state index in [0.717, 1.165) is 12.5 Å². The monoisotopic (exact) mass is 254 g/mol. The van der Waals surface area contributed by atoms with Crippen LogP contribution in [0.3, 0.4) is 0 Å². The predicted octanol–water partition coefficient (Wildman–Crippen LogP) is 2.69. The number of nitrogens with one attached hydrogen (secondary N) is 1. The van der Waals surface area contributed by atoms with Crippen molar-refractivity contribution >= 4 is 5.91 Å². The maximum atomic E-state index is 11.5. The molecular weight excluding hydrogens is 224 g/mol. The molecule has 1 unspecified atom stereocenters. The minimum atomic E-state index is -0.0402. The highest BCUT2D eigenvalue weighted by Gasteiger charge is 2.29. The average molecular weight is 254 g/mol. The van der Waals surface area contributed by atoms with Gasteiger partial charge in [0.05, 0.1) is 0 Å². The van der Waals surface area contributed by atoms with E-state index in [9.17, 15) is 4.79 Å². The third-order valence-electron chi connectivity index (χ3n) is 4.17. The van der Waals surface area contributed by atoms with Crippen LogP contribution in [0.1, 0.15) is 59.8 Å². The Labute approximate surface area is 112 Å². The third-order valence-corrected chi connectivity index (χ3v) is 4.17. The summed E-state index contributed by atoms with van der Waals surface area (Å²) in [6.45, 7) is 9.71. The lowest BCUT2D eigenvalue weighted by molar-refractivity contribution is -0.121. The van der Waals surface area contributed by atoms with Gasteiger partial charge in [0.25, 0.3) is 0 Å². The minimum Gasteiger partial charge on any atom is -0.356 e. The first-order valence-electron chi connectivity index (χ1n) is 7.31. The van der Waals surface area contributed by atoms with Crippen LogP contribution >= 0.6 is 0 Å². The lowest BCUT2D eigenvalue weighted by Crippen LogP contribution is -2.35. The van der Waals surface area contributed by atoms with Crippen molar-refractivity contribution < 1.29 is 4.79 Å². The van der Waals surface area contributed by atoms with Gasteiger partial charge in [0.2, 0.25) is 5.91 Å². The summed E-state index contributed by atoms with van der Waals surface area (Å²) in [6, 6.07) is -0.0402. The molecule has 3 nitrogen and oxygen atoms in total. The van der Waals surface area contributed by atoms with Crippen LogP contribution in [0.5, 0.6) is 0 Å². The highest BCUT2D eigenvalue weighted by molar-refractivity contribution is 5.76. The zero-order chi connectivity index (χ0) is 13.8. The van der Waals surface area contributed by atoms with E-state index in [2.05, 4.69) is 26.1 Å². The quantitative estimate of drug-likeness (QED) is 0.810. The van der Waals surface area contributed by atoms with E-state index in [1.54, 1.807) is 0 Å². The van der Waals surface area contributed by atoms with Gasteiger partial charge in [-0.1, -0.05) is 20.8 Å². The van der Waals surface area contributed by atoms with Crippen molar-refractivity contribution in [2.24, 2.45) is 23.0 Å². The molecule has 0 aromatic heterocycles. The summed E-state index contributed by atoms with van der Waals surface area (Å²) >= 11 is 0. The van der Waals surface area contributed by atoms with Crippen LogP contribution in [0.25, 0.3) is 0 Å². The molecule has 1 saturated carbocycles. The van der Waals surface area contributed by atoms with E-state index >= 15 is 0 Å². The van der Waals surface area contributed by atoms with E-state index in [1.807, 2.05) is 6.92 Å². The molecular formula is C15H30N2O. The van der Waals surface area contributed by atoms with Gasteiger partial charge in [-0.2, -0.15) is 0 Å². The molecule has 0 aromatic carbocycles. The molecule has 3 N–H and O–H groups in total. The molecule has 0 heterocycles. The molecule has 1 atom stereocenters. The fourth-order valence-electron chi connectivity index (χ4n) is 2.86. The Balaban J connectivity index is 2.22. The van der Waals surface area contributed by atoms with Crippen LogP contribution < -0.4 is 11.1 Å². The number of hydrogen-bond acceptors (Lipinski definition) is 2. The molecule has 106 valence electrons. The van der Waals surface area contributed by atoms with Gasteiger partial charge in [-0.3, -0.25) is 4.79 Å². The summed E-state index contributed by atoms with van der Waals surface area (Å²) in [7, 11) is 0. The Morgan fingerprint density at radius 3 is 2.28 bits per heavy atom. The van der Waals surface area contributed by atoms with Crippen LogP contribution in [0.4, 0.5) is 0 Å². The average Bonchev–Trinajstić information content (AvgIpc) is 2.25. The summed E-state index contributed by atoms with van der Waals surface area (Å²) in [4.78, 5) is 11.5. The number of carbonyl (C=O) groups excluding carboxylic acids is 1. The number of hydrogen-bond donors (Lipinski definition) is 2. The van der Waals surface area contributed by atoms with Crippen molar-refractivity contribution in [2.75, 3.05) is 6.54 Å². The third kappa shape index (κ3) is 5.38. The molecule has 0 radical (unpaired) electrons. The molecule has 0 spiro atoms. The second-order valence-corrected chi connectivity index (χ2v) is 7.07. The molecule has 1 amide bonds. The smallest absolute Gasteiger partial charge is 0.221 e. The number of nitrogens with two attached hydrogens (primary N) is 1. The van der Waals surface area contributed by atoms with Crippen molar-refractivity contribution in [3.8, 4) is 0 Å². The number of amides is 1. The first-order valence-corrected chi connectivity index (χ1v) is 7.31. The van der Waals surface area contributed by atoms with Crippen molar-refractivity contribution in [1.29, 1.82) is 0 Å². The van der Waals surface area contributed by atoms with Gasteiger partial charge >= 0.3 is 0 Å². The van der Waals surface area contributed by atoms with Crippen LogP contribution in [-0.4, -0.2) is 18.5 Å². The largest absolute Gasteiger partial charge is 0.356 e. The van der Waals surface area contributed by atoms with Crippen molar-refractivity contribution in [1.82, 2.24) is 5.32 Å². The molecule has 0 saturated heterocycles. The second kappa shape index (κ2) is 6.55. The standard InChI is InChI=1S/C15H30N2O/c1-11(16)9-14(18)17-10-12-5-7-13(8-6-12)15(2,3)4/h11-13H,5-10,16H2,1-4H3,(H,17,18). The number of carbonyl (C=O) groups is 1. The van der Waals surface area contributed by atoms with Crippen LogP contribution in [0.15, 0.2) is 0 Å². The number of rotatable bonds is 4. The normalized spacial score (nSPS) is 26.7. The van der Waals surface area contributed by atoms with Crippen molar-refractivity contribution in [2.45, 2.75) is 65.8 Å². The summed E-state index contributed by atoms with van der Waals surface area (Å²) in [5.41, 5.74) is 6.04. The van der Waals surface area contributed by atoms with Crippen molar-refractivity contribution in [3.63, 3.8) is 0 Å². The van der Waals surface area contributed by atoms with E-state index in [1.165, 1.54) is 25.7 Å². The van der Waals surface area contributed by atoms with Gasteiger partial charge in [0, 0.05) is 19.0 Å². The Hall–Kier alpha value is -0.570. The molecule has 1 aliphatic carbocycles. The van der Waals surface area contributed by atoms with Crippen molar-refractivity contribution in [3.05, 3.63) is 0 Å². The molecule has 0 bridgehead atoms. The van der Waals surface area contributed by atoms with Crippen LogP contribution in [-0.2, 0) is 4.79 Å². The molecule has 3 heteroatoms. The topological polar surface area (TPSA) is 55.1 Å². The second-order valence-electron chi connectivity index (χ2n) is 7.07. The highest BCUT2D eigenvalue weighted by Crippen LogP contribution is 2.39. The van der Waals surface area contributed by atoms with Gasteiger partial charge in [-0.25, -0.2) is 0 Å². The zero-order valence-corrected chi connectivity index (χ0v) is 12.5. The molecule has 0 aromatic rings. The first-order chi connectivity index (χ1) is 8.29. The molecule has 1 rings (SSSR count). The molecule has 18 heavy (non-hydrogen) atoms. The maximum Gasteiger partial charge on any atom is 0.221 e. The maximum absolute atomic E-state index is 11.5. The van der Waals surface area contributed by atoms with Gasteiger partial charge in [-0.15, -0.1) is 0 Å². The van der Waals surface area contributed by atoms with Crippen LogP contribution in [0.2, 0.25) is 0 Å². The first kappa shape index (κ1) is 15.5. The van der Waals surface area contributed by atoms with Gasteiger partial charge in [0.1, 0.15) is 0 Å². The van der Waals surface area contributed by atoms with Gasteiger partial charge < -0.3 is 11.1 Å². The summed E-state index contributed by atoms with van der Waals surface area (Å²) in [6.07, 6.45) is 5.55. The fraction of sp³-hybridized carbons (Fsp3) is 0.933. The van der Waals surface area contributed by atoms with Gasteiger partial charge in [0.15, 0.2) is 0 Å². The Kier molecular flexibility index (Phi) is 5.64. The van der Waals surface area contributed by atoms with E-state index in [0.29, 0.717) is 17.8 Å². The predicted molar refractivity (Wildman–Crippen MR) is 76.2 cm³/mol. The SMILES string of the molecule is CC(N)CC(=O)NCC1CCC(C(C)(C)C)CC1. The summed E-state index contributed by atoms with van der Waals surface area (Å²) in [5.74, 6) is 1.61. The Morgan fingerprint density at radius 1 is 1.28 bits per heavy atom. The fourth-order valence-corrected chi connectivity index (χ4v) is 2.86. The molecule has 1 fully saturated rings. The van der Waals surface area contributed by atoms with E-state index in [4.69, 9.17) is 5.73 Å². The van der Waals surface area contributed by atoms with E-state index in [-0.39, 0.29) is 11.9 Å². The lowest BCUT2D eigenvalue weighted by Gasteiger charge is -2.37. The Bertz CT molecular complexity index is 260. The minimum absolute atomic E-state index is 0.0402. The summed E-state index contributed by atoms with van der Waals surface area (Å²) in [5, 5.41) is 3.02. The van der Waals surface area contributed by atoms with E-state index < -0.39 is 0 Å². The molecule has 1 aliphatic rings.